The van der Waals surface area contributed by atoms with Crippen molar-refractivity contribution >= 4 is 51.3 Å². The van der Waals surface area contributed by atoms with Crippen LogP contribution in [-0.2, 0) is 17.8 Å². The van der Waals surface area contributed by atoms with Gasteiger partial charge in [0.1, 0.15) is 12.4 Å². The molecule has 0 fully saturated rings. The predicted octanol–water partition coefficient (Wildman–Crippen LogP) is 6.57. The molecule has 5 nitrogen and oxygen atoms in total. The topological polar surface area (TPSA) is 59.9 Å². The van der Waals surface area contributed by atoms with E-state index < -0.39 is 0 Å². The molecule has 0 radical (unpaired) electrons. The molecule has 0 aliphatic carbocycles. The second-order valence-electron chi connectivity index (χ2n) is 6.89. The van der Waals surface area contributed by atoms with Crippen LogP contribution in [0.4, 0.5) is 4.39 Å². The third-order valence-corrected chi connectivity index (χ3v) is 5.84. The minimum absolute atomic E-state index is 0.0878. The number of rotatable bonds is 9. The predicted molar refractivity (Wildman–Crippen MR) is 132 cm³/mol. The Bertz CT molecular complexity index is 1160. The van der Waals surface area contributed by atoms with Crippen molar-refractivity contribution in [1.82, 2.24) is 5.43 Å². The number of carbonyl (C=O) groups is 1. The first-order valence-electron chi connectivity index (χ1n) is 9.95. The molecule has 1 amide bonds. The second-order valence-corrected chi connectivity index (χ2v) is 8.56. The number of hydrogen-bond acceptors (Lipinski definition) is 4. The SMILES string of the molecule is CCOc1cc(/C=N/NC(=O)Cc2ccc(F)cc2)c(Br)cc1OCc1ccc(Cl)c(Cl)c1. The molecule has 0 heterocycles. The maximum Gasteiger partial charge on any atom is 0.244 e. The molecule has 3 rings (SSSR count). The lowest BCUT2D eigenvalue weighted by molar-refractivity contribution is -0.120. The van der Waals surface area contributed by atoms with Crippen LogP contribution in [0.1, 0.15) is 23.6 Å². The average Bonchev–Trinajstić information content (AvgIpc) is 2.78. The number of hydrazone groups is 1. The molecule has 0 aliphatic heterocycles. The molecule has 9 heteroatoms. The Morgan fingerprint density at radius 3 is 2.42 bits per heavy atom. The molecular formula is C24H20BrCl2FN2O3. The molecule has 172 valence electrons. The van der Waals surface area contributed by atoms with Crippen molar-refractivity contribution in [2.75, 3.05) is 6.61 Å². The Morgan fingerprint density at radius 1 is 1.03 bits per heavy atom. The van der Waals surface area contributed by atoms with Gasteiger partial charge in [0, 0.05) is 10.0 Å². The van der Waals surface area contributed by atoms with Gasteiger partial charge < -0.3 is 9.47 Å². The van der Waals surface area contributed by atoms with Crippen LogP contribution in [0.3, 0.4) is 0 Å². The van der Waals surface area contributed by atoms with Crippen LogP contribution in [-0.4, -0.2) is 18.7 Å². The highest BCUT2D eigenvalue weighted by atomic mass is 79.9. The number of halogens is 4. The van der Waals surface area contributed by atoms with E-state index in [1.165, 1.54) is 18.3 Å². The van der Waals surface area contributed by atoms with Gasteiger partial charge in [-0.1, -0.05) is 41.4 Å². The first-order chi connectivity index (χ1) is 15.9. The average molecular weight is 554 g/mol. The molecule has 0 saturated heterocycles. The summed E-state index contributed by atoms with van der Waals surface area (Å²) in [5.74, 6) is 0.393. The highest BCUT2D eigenvalue weighted by Gasteiger charge is 2.11. The molecule has 1 N–H and O–H groups in total. The van der Waals surface area contributed by atoms with E-state index in [9.17, 15) is 9.18 Å². The largest absolute Gasteiger partial charge is 0.490 e. The van der Waals surface area contributed by atoms with Gasteiger partial charge in [-0.25, -0.2) is 9.82 Å². The Kier molecular flexibility index (Phi) is 9.11. The van der Waals surface area contributed by atoms with Crippen molar-refractivity contribution in [3.8, 4) is 11.5 Å². The van der Waals surface area contributed by atoms with Gasteiger partial charge in [-0.15, -0.1) is 0 Å². The minimum atomic E-state index is -0.350. The zero-order valence-electron chi connectivity index (χ0n) is 17.6. The lowest BCUT2D eigenvalue weighted by Gasteiger charge is -2.14. The van der Waals surface area contributed by atoms with Crippen molar-refractivity contribution in [2.45, 2.75) is 20.0 Å². The molecular weight excluding hydrogens is 534 g/mol. The monoisotopic (exact) mass is 552 g/mol. The third kappa shape index (κ3) is 7.45. The zero-order valence-corrected chi connectivity index (χ0v) is 20.7. The molecule has 0 spiro atoms. The third-order valence-electron chi connectivity index (χ3n) is 4.41. The fourth-order valence-electron chi connectivity index (χ4n) is 2.82. The van der Waals surface area contributed by atoms with Gasteiger partial charge in [0.15, 0.2) is 11.5 Å². The maximum absolute atomic E-state index is 13.0. The summed E-state index contributed by atoms with van der Waals surface area (Å²) in [7, 11) is 0. The summed E-state index contributed by atoms with van der Waals surface area (Å²) in [5, 5.41) is 4.94. The number of hydrogen-bond donors (Lipinski definition) is 1. The summed E-state index contributed by atoms with van der Waals surface area (Å²) in [5.41, 5.74) is 4.69. The summed E-state index contributed by atoms with van der Waals surface area (Å²) >= 11 is 15.5. The van der Waals surface area contributed by atoms with Crippen LogP contribution in [0.25, 0.3) is 0 Å². The van der Waals surface area contributed by atoms with Gasteiger partial charge in [-0.05, 0) is 70.4 Å². The Labute approximate surface area is 209 Å². The molecule has 0 unspecified atom stereocenters. The normalized spacial score (nSPS) is 10.9. The van der Waals surface area contributed by atoms with Gasteiger partial charge in [-0.3, -0.25) is 4.79 Å². The highest BCUT2D eigenvalue weighted by molar-refractivity contribution is 9.10. The summed E-state index contributed by atoms with van der Waals surface area (Å²) in [4.78, 5) is 12.1. The summed E-state index contributed by atoms with van der Waals surface area (Å²) < 4.78 is 25.3. The highest BCUT2D eigenvalue weighted by Crippen LogP contribution is 2.34. The first kappa shape index (κ1) is 25.0. The van der Waals surface area contributed by atoms with Gasteiger partial charge in [0.05, 0.1) is 29.3 Å². The molecule has 0 saturated carbocycles. The number of benzene rings is 3. The lowest BCUT2D eigenvalue weighted by Crippen LogP contribution is -2.19. The second kappa shape index (κ2) is 12.0. The van der Waals surface area contributed by atoms with E-state index in [4.69, 9.17) is 32.7 Å². The van der Waals surface area contributed by atoms with Crippen LogP contribution in [0.2, 0.25) is 10.0 Å². The molecule has 3 aromatic carbocycles. The molecule has 0 atom stereocenters. The molecule has 0 aliphatic rings. The van der Waals surface area contributed by atoms with Gasteiger partial charge in [0.2, 0.25) is 5.91 Å². The van der Waals surface area contributed by atoms with Crippen LogP contribution in [0, 0.1) is 5.82 Å². The van der Waals surface area contributed by atoms with Gasteiger partial charge in [-0.2, -0.15) is 5.10 Å². The molecule has 3 aromatic rings. The summed E-state index contributed by atoms with van der Waals surface area (Å²) in [6.07, 6.45) is 1.59. The van der Waals surface area contributed by atoms with E-state index in [-0.39, 0.29) is 24.8 Å². The van der Waals surface area contributed by atoms with E-state index >= 15 is 0 Å². The maximum atomic E-state index is 13.0. The smallest absolute Gasteiger partial charge is 0.244 e. The quantitative estimate of drug-likeness (QED) is 0.241. The summed E-state index contributed by atoms with van der Waals surface area (Å²) in [6.45, 7) is 2.58. The molecule has 0 aromatic heterocycles. The fourth-order valence-corrected chi connectivity index (χ4v) is 3.57. The fraction of sp³-hybridized carbons (Fsp3) is 0.167. The van der Waals surface area contributed by atoms with Crippen molar-refractivity contribution in [3.05, 3.63) is 91.6 Å². The van der Waals surface area contributed by atoms with E-state index in [1.807, 2.05) is 13.0 Å². The van der Waals surface area contributed by atoms with E-state index in [1.54, 1.807) is 36.4 Å². The van der Waals surface area contributed by atoms with Crippen LogP contribution in [0.15, 0.2) is 64.2 Å². The number of amides is 1. The molecule has 0 bridgehead atoms. The number of nitrogens with zero attached hydrogens (tertiary/aromatic N) is 1. The van der Waals surface area contributed by atoms with Crippen LogP contribution >= 0.6 is 39.1 Å². The minimum Gasteiger partial charge on any atom is -0.490 e. The van der Waals surface area contributed by atoms with Gasteiger partial charge >= 0.3 is 0 Å². The lowest BCUT2D eigenvalue weighted by atomic mass is 10.1. The Morgan fingerprint density at radius 2 is 1.73 bits per heavy atom. The van der Waals surface area contributed by atoms with Crippen molar-refractivity contribution < 1.29 is 18.7 Å². The van der Waals surface area contributed by atoms with Crippen LogP contribution in [0.5, 0.6) is 11.5 Å². The van der Waals surface area contributed by atoms with E-state index in [0.29, 0.717) is 43.8 Å². The van der Waals surface area contributed by atoms with E-state index in [0.717, 1.165) is 5.56 Å². The van der Waals surface area contributed by atoms with Crippen LogP contribution < -0.4 is 14.9 Å². The number of ether oxygens (including phenoxy) is 2. The van der Waals surface area contributed by atoms with E-state index in [2.05, 4.69) is 26.5 Å². The van der Waals surface area contributed by atoms with Crippen molar-refractivity contribution in [3.63, 3.8) is 0 Å². The van der Waals surface area contributed by atoms with Crippen molar-refractivity contribution in [2.24, 2.45) is 5.10 Å². The Balaban J connectivity index is 1.66. The first-order valence-corrected chi connectivity index (χ1v) is 11.5. The number of carbonyl (C=O) groups excluding carboxylic acids is 1. The zero-order chi connectivity index (χ0) is 23.8. The Hall–Kier alpha value is -2.61. The summed E-state index contributed by atoms with van der Waals surface area (Å²) in [6, 6.07) is 14.5. The van der Waals surface area contributed by atoms with Crippen molar-refractivity contribution in [1.29, 1.82) is 0 Å². The molecule has 33 heavy (non-hydrogen) atoms. The van der Waals surface area contributed by atoms with Gasteiger partial charge in [0.25, 0.3) is 0 Å². The number of nitrogens with one attached hydrogen (secondary N) is 1. The standard InChI is InChI=1S/C24H20BrCl2FN2O3/c1-2-32-22-11-17(13-29-30-24(31)10-15-3-6-18(28)7-4-15)19(25)12-23(22)33-14-16-5-8-20(26)21(27)9-16/h3-9,11-13H,2,10,14H2,1H3,(H,30,31)/b29-13+.